The summed E-state index contributed by atoms with van der Waals surface area (Å²) < 4.78 is 34.9. The van der Waals surface area contributed by atoms with Gasteiger partial charge in [0.1, 0.15) is 55.4 Å². The Bertz CT molecular complexity index is 1710. The van der Waals surface area contributed by atoms with Gasteiger partial charge >= 0.3 is 0 Å². The van der Waals surface area contributed by atoms with Crippen LogP contribution in [0.4, 0.5) is 0 Å². The largest absolute Gasteiger partial charge is 0.491 e. The maximum Gasteiger partial charge on any atom is 0.127 e. The van der Waals surface area contributed by atoms with Crippen molar-refractivity contribution < 1.29 is 28.4 Å². The molecule has 3 saturated heterocycles. The van der Waals surface area contributed by atoms with Crippen molar-refractivity contribution in [2.24, 2.45) is 0 Å². The van der Waals surface area contributed by atoms with Crippen LogP contribution in [0.3, 0.4) is 0 Å². The molecule has 3 atom stereocenters. The summed E-state index contributed by atoms with van der Waals surface area (Å²) in [5.74, 6) is 2.53. The van der Waals surface area contributed by atoms with Crippen LogP contribution in [0.5, 0.6) is 17.2 Å². The summed E-state index contributed by atoms with van der Waals surface area (Å²) in [5, 5.41) is 0. The van der Waals surface area contributed by atoms with Crippen LogP contribution >= 0.6 is 0 Å². The standard InChI is InChI=1S/C41H38O6/c1-41(30-12-16-33(17-13-30)42-22-34-23-43-34,31-14-18-39(46-26-35-24-44-35)37(20-31)28-8-4-2-5-9-28)32-15-19-40(47-27-36-25-45-36)38(21-32)29-10-6-3-7-11-29/h2-21,34-36H,22-27H2,1H3. The number of epoxide rings is 3. The van der Waals surface area contributed by atoms with Crippen LogP contribution < -0.4 is 14.2 Å². The van der Waals surface area contributed by atoms with Crippen LogP contribution in [0, 0.1) is 0 Å². The molecule has 3 aliphatic heterocycles. The molecular weight excluding hydrogens is 588 g/mol. The van der Waals surface area contributed by atoms with Gasteiger partial charge in [0.25, 0.3) is 0 Å². The van der Waals surface area contributed by atoms with Crippen molar-refractivity contribution in [1.82, 2.24) is 0 Å². The summed E-state index contributed by atoms with van der Waals surface area (Å²) in [4.78, 5) is 0. The van der Waals surface area contributed by atoms with Crippen LogP contribution in [-0.2, 0) is 19.6 Å². The van der Waals surface area contributed by atoms with E-state index in [0.717, 1.165) is 76.0 Å². The van der Waals surface area contributed by atoms with Gasteiger partial charge in [0, 0.05) is 16.5 Å². The molecule has 8 rings (SSSR count). The molecule has 0 amide bonds. The van der Waals surface area contributed by atoms with Gasteiger partial charge in [-0.2, -0.15) is 0 Å². The smallest absolute Gasteiger partial charge is 0.127 e. The Morgan fingerprint density at radius 1 is 0.511 bits per heavy atom. The van der Waals surface area contributed by atoms with Gasteiger partial charge in [0.2, 0.25) is 0 Å². The minimum atomic E-state index is -0.540. The monoisotopic (exact) mass is 626 g/mol. The third-order valence-corrected chi connectivity index (χ3v) is 9.21. The Kier molecular flexibility index (Phi) is 8.16. The molecule has 0 aromatic heterocycles. The van der Waals surface area contributed by atoms with Crippen LogP contribution in [-0.4, -0.2) is 58.0 Å². The highest BCUT2D eigenvalue weighted by Crippen LogP contribution is 2.45. The molecule has 0 spiro atoms. The highest BCUT2D eigenvalue weighted by atomic mass is 16.6. The fraction of sp³-hybridized carbons (Fsp3) is 0.268. The first-order valence-corrected chi connectivity index (χ1v) is 16.4. The Labute approximate surface area is 275 Å². The lowest BCUT2D eigenvalue weighted by Crippen LogP contribution is -2.26. The molecule has 6 nitrogen and oxygen atoms in total. The molecule has 5 aromatic rings. The third-order valence-electron chi connectivity index (χ3n) is 9.21. The Morgan fingerprint density at radius 2 is 0.915 bits per heavy atom. The predicted octanol–water partition coefficient (Wildman–Crippen LogP) is 7.71. The Morgan fingerprint density at radius 3 is 1.34 bits per heavy atom. The van der Waals surface area contributed by atoms with E-state index in [9.17, 15) is 0 Å². The molecule has 0 N–H and O–H groups in total. The molecule has 3 unspecified atom stereocenters. The normalized spacial score (nSPS) is 20.6. The molecule has 238 valence electrons. The van der Waals surface area contributed by atoms with E-state index in [2.05, 4.69) is 116 Å². The van der Waals surface area contributed by atoms with E-state index in [1.54, 1.807) is 0 Å². The number of ether oxygens (including phenoxy) is 6. The summed E-state index contributed by atoms with van der Waals surface area (Å²) in [6.07, 6.45) is 0.533. The average molecular weight is 627 g/mol. The van der Waals surface area contributed by atoms with Crippen LogP contribution in [0.15, 0.2) is 121 Å². The van der Waals surface area contributed by atoms with Gasteiger partial charge in [-0.1, -0.05) is 84.9 Å². The second kappa shape index (κ2) is 12.9. The van der Waals surface area contributed by atoms with E-state index in [-0.39, 0.29) is 18.3 Å². The molecule has 3 aliphatic rings. The van der Waals surface area contributed by atoms with Crippen LogP contribution in [0.25, 0.3) is 22.3 Å². The van der Waals surface area contributed by atoms with E-state index in [1.807, 2.05) is 12.1 Å². The quantitative estimate of drug-likeness (QED) is 0.0930. The van der Waals surface area contributed by atoms with Gasteiger partial charge in [-0.25, -0.2) is 0 Å². The SMILES string of the molecule is CC(c1ccc(OCC2CO2)cc1)(c1ccc(OCC2CO2)c(-c2ccccc2)c1)c1ccc(OCC2CO2)c(-c2ccccc2)c1. The zero-order valence-electron chi connectivity index (χ0n) is 26.5. The van der Waals surface area contributed by atoms with Gasteiger partial charge in [0.05, 0.1) is 19.8 Å². The maximum absolute atomic E-state index is 6.33. The van der Waals surface area contributed by atoms with Gasteiger partial charge in [-0.15, -0.1) is 0 Å². The number of hydrogen-bond acceptors (Lipinski definition) is 6. The van der Waals surface area contributed by atoms with Crippen molar-refractivity contribution in [3.63, 3.8) is 0 Å². The number of benzene rings is 5. The lowest BCUT2D eigenvalue weighted by Gasteiger charge is -2.33. The third kappa shape index (κ3) is 6.77. The summed E-state index contributed by atoms with van der Waals surface area (Å²) in [7, 11) is 0. The van der Waals surface area contributed by atoms with Gasteiger partial charge in [0.15, 0.2) is 0 Å². The van der Waals surface area contributed by atoms with Crippen molar-refractivity contribution in [1.29, 1.82) is 0 Å². The molecule has 0 bridgehead atoms. The van der Waals surface area contributed by atoms with Crippen molar-refractivity contribution in [3.05, 3.63) is 138 Å². The first-order chi connectivity index (χ1) is 23.1. The van der Waals surface area contributed by atoms with Gasteiger partial charge < -0.3 is 28.4 Å². The molecule has 5 aromatic carbocycles. The molecule has 3 fully saturated rings. The second-order valence-electron chi connectivity index (χ2n) is 12.6. The highest BCUT2D eigenvalue weighted by Gasteiger charge is 2.34. The molecular formula is C41H38O6. The second-order valence-corrected chi connectivity index (χ2v) is 12.6. The minimum Gasteiger partial charge on any atom is -0.491 e. The minimum absolute atomic E-state index is 0.166. The van der Waals surface area contributed by atoms with Gasteiger partial charge in [-0.3, -0.25) is 0 Å². The Balaban J connectivity index is 1.25. The van der Waals surface area contributed by atoms with Crippen molar-refractivity contribution >= 4 is 0 Å². The maximum atomic E-state index is 6.33. The highest BCUT2D eigenvalue weighted by molar-refractivity contribution is 5.75. The molecule has 3 heterocycles. The molecule has 47 heavy (non-hydrogen) atoms. The van der Waals surface area contributed by atoms with Crippen molar-refractivity contribution in [2.75, 3.05) is 39.6 Å². The lowest BCUT2D eigenvalue weighted by molar-refractivity contribution is 0.263. The fourth-order valence-electron chi connectivity index (χ4n) is 6.05. The van der Waals surface area contributed by atoms with Crippen molar-refractivity contribution in [3.8, 4) is 39.5 Å². The fourth-order valence-corrected chi connectivity index (χ4v) is 6.05. The summed E-state index contributed by atoms with van der Waals surface area (Å²) in [5.41, 5.74) is 7.19. The van der Waals surface area contributed by atoms with E-state index in [4.69, 9.17) is 28.4 Å². The summed E-state index contributed by atoms with van der Waals surface area (Å²) in [6.45, 7) is 6.22. The summed E-state index contributed by atoms with van der Waals surface area (Å²) >= 11 is 0. The first kappa shape index (κ1) is 29.8. The molecule has 0 saturated carbocycles. The first-order valence-electron chi connectivity index (χ1n) is 16.4. The van der Waals surface area contributed by atoms with Crippen LogP contribution in [0.1, 0.15) is 23.6 Å². The topological polar surface area (TPSA) is 65.3 Å². The van der Waals surface area contributed by atoms with Crippen molar-refractivity contribution in [2.45, 2.75) is 30.7 Å². The molecule has 0 aliphatic carbocycles. The molecule has 0 radical (unpaired) electrons. The number of rotatable bonds is 14. The Hall–Kier alpha value is -4.62. The predicted molar refractivity (Wildman–Crippen MR) is 181 cm³/mol. The summed E-state index contributed by atoms with van der Waals surface area (Å²) in [6, 6.07) is 42.5. The van der Waals surface area contributed by atoms with Gasteiger partial charge in [-0.05, 0) is 71.1 Å². The zero-order chi connectivity index (χ0) is 31.6. The van der Waals surface area contributed by atoms with E-state index >= 15 is 0 Å². The lowest BCUT2D eigenvalue weighted by atomic mass is 9.70. The average Bonchev–Trinajstić information content (AvgIpc) is 3.98. The van der Waals surface area contributed by atoms with Crippen LogP contribution in [0.2, 0.25) is 0 Å². The number of hydrogen-bond donors (Lipinski definition) is 0. The van der Waals surface area contributed by atoms with E-state index in [1.165, 1.54) is 0 Å². The zero-order valence-corrected chi connectivity index (χ0v) is 26.5. The van der Waals surface area contributed by atoms with E-state index < -0.39 is 5.41 Å². The molecule has 6 heteroatoms. The van der Waals surface area contributed by atoms with E-state index in [0.29, 0.717) is 19.8 Å².